The first-order chi connectivity index (χ1) is 5.63. The average Bonchev–Trinajstić information content (AvgIpc) is 2.04. The maximum absolute atomic E-state index is 10.7. The van der Waals surface area contributed by atoms with E-state index in [-0.39, 0.29) is 6.04 Å². The first-order valence-electron chi connectivity index (χ1n) is 4.01. The molecule has 1 heterocycles. The number of hydrogen-bond donors (Lipinski definition) is 3. The molecule has 1 aliphatic heterocycles. The van der Waals surface area contributed by atoms with E-state index in [1.807, 2.05) is 0 Å². The van der Waals surface area contributed by atoms with Gasteiger partial charge in [-0.3, -0.25) is 0 Å². The first-order valence-corrected chi connectivity index (χ1v) is 4.01. The van der Waals surface area contributed by atoms with Crippen molar-refractivity contribution in [1.82, 2.24) is 10.2 Å². The van der Waals surface area contributed by atoms with E-state index in [1.165, 1.54) is 4.90 Å². The molecule has 1 unspecified atom stereocenters. The quantitative estimate of drug-likeness (QED) is 0.492. The highest BCUT2D eigenvalue weighted by molar-refractivity contribution is 5.65. The van der Waals surface area contributed by atoms with Crippen molar-refractivity contribution in [2.75, 3.05) is 19.6 Å². The molecule has 1 aliphatic rings. The van der Waals surface area contributed by atoms with Crippen LogP contribution >= 0.6 is 0 Å². The number of piperazine rings is 1. The summed E-state index contributed by atoms with van der Waals surface area (Å²) in [6.07, 6.45) is -1.57. The number of nitrogens with one attached hydrogen (secondary N) is 1. The van der Waals surface area contributed by atoms with E-state index in [0.717, 1.165) is 0 Å². The molecule has 0 radical (unpaired) electrons. The van der Waals surface area contributed by atoms with Gasteiger partial charge in [-0.25, -0.2) is 4.79 Å². The lowest BCUT2D eigenvalue weighted by Crippen LogP contribution is -2.57. The van der Waals surface area contributed by atoms with Gasteiger partial charge < -0.3 is 20.4 Å². The molecule has 70 valence electrons. The van der Waals surface area contributed by atoms with Crippen LogP contribution < -0.4 is 5.32 Å². The van der Waals surface area contributed by atoms with Crippen LogP contribution in [0.2, 0.25) is 0 Å². The summed E-state index contributed by atoms with van der Waals surface area (Å²) in [5.74, 6) is 0. The lowest BCUT2D eigenvalue weighted by atomic mass is 10.1. The summed E-state index contributed by atoms with van der Waals surface area (Å²) in [6.45, 7) is 3.25. The summed E-state index contributed by atoms with van der Waals surface area (Å²) in [6, 6.07) is -0.309. The van der Waals surface area contributed by atoms with Crippen LogP contribution in [0.5, 0.6) is 0 Å². The highest BCUT2D eigenvalue weighted by Gasteiger charge is 2.29. The Morgan fingerprint density at radius 2 is 2.42 bits per heavy atom. The monoisotopic (exact) mass is 174 g/mol. The number of aliphatic hydroxyl groups is 1. The normalized spacial score (nSPS) is 26.8. The number of rotatable bonds is 1. The molecular formula is C7H14N2O3. The Labute approximate surface area is 71.0 Å². The van der Waals surface area contributed by atoms with E-state index in [0.29, 0.717) is 19.6 Å². The highest BCUT2D eigenvalue weighted by atomic mass is 16.4. The Morgan fingerprint density at radius 3 is 2.83 bits per heavy atom. The molecule has 0 aromatic heterocycles. The van der Waals surface area contributed by atoms with E-state index < -0.39 is 12.2 Å². The molecule has 5 heteroatoms. The van der Waals surface area contributed by atoms with Crippen LogP contribution in [0.1, 0.15) is 6.92 Å². The Balaban J connectivity index is 2.60. The van der Waals surface area contributed by atoms with E-state index in [1.54, 1.807) is 6.92 Å². The van der Waals surface area contributed by atoms with Gasteiger partial charge in [-0.05, 0) is 6.92 Å². The van der Waals surface area contributed by atoms with Gasteiger partial charge in [0.05, 0.1) is 12.1 Å². The molecular weight excluding hydrogens is 160 g/mol. The highest BCUT2D eigenvalue weighted by Crippen LogP contribution is 2.07. The largest absolute Gasteiger partial charge is 0.465 e. The lowest BCUT2D eigenvalue weighted by molar-refractivity contribution is 0.0454. The third-order valence-corrected chi connectivity index (χ3v) is 2.09. The van der Waals surface area contributed by atoms with Crippen molar-refractivity contribution in [3.05, 3.63) is 0 Å². The van der Waals surface area contributed by atoms with Crippen LogP contribution in [0, 0.1) is 0 Å². The predicted molar refractivity (Wildman–Crippen MR) is 43.1 cm³/mol. The molecule has 0 spiro atoms. The molecule has 0 saturated carbocycles. The summed E-state index contributed by atoms with van der Waals surface area (Å²) in [5.41, 5.74) is 0. The fourth-order valence-electron chi connectivity index (χ4n) is 1.39. The molecule has 1 saturated heterocycles. The molecule has 0 bridgehead atoms. The predicted octanol–water partition coefficient (Wildman–Crippen LogP) is -0.681. The van der Waals surface area contributed by atoms with Gasteiger partial charge in [0.2, 0.25) is 0 Å². The zero-order valence-corrected chi connectivity index (χ0v) is 7.03. The molecule has 3 N–H and O–H groups in total. The van der Waals surface area contributed by atoms with E-state index in [4.69, 9.17) is 5.11 Å². The van der Waals surface area contributed by atoms with Crippen molar-refractivity contribution in [2.45, 2.75) is 19.1 Å². The molecule has 12 heavy (non-hydrogen) atoms. The molecule has 0 aromatic carbocycles. The minimum atomic E-state index is -0.956. The fourth-order valence-corrected chi connectivity index (χ4v) is 1.39. The fraction of sp³-hybridized carbons (Fsp3) is 0.857. The first kappa shape index (κ1) is 9.28. The van der Waals surface area contributed by atoms with Crippen molar-refractivity contribution < 1.29 is 15.0 Å². The van der Waals surface area contributed by atoms with E-state index in [2.05, 4.69) is 5.32 Å². The van der Waals surface area contributed by atoms with Crippen molar-refractivity contribution >= 4 is 6.09 Å². The lowest BCUT2D eigenvalue weighted by Gasteiger charge is -2.35. The number of aliphatic hydroxyl groups excluding tert-OH is 1. The second kappa shape index (κ2) is 3.73. The zero-order chi connectivity index (χ0) is 9.14. The van der Waals surface area contributed by atoms with Crippen LogP contribution in [0.15, 0.2) is 0 Å². The van der Waals surface area contributed by atoms with Gasteiger partial charge in [0.25, 0.3) is 0 Å². The SMILES string of the molecule is CC(O)[C@@H]1CNCCN1C(=O)O. The van der Waals surface area contributed by atoms with Crippen LogP contribution in [0.4, 0.5) is 4.79 Å². The van der Waals surface area contributed by atoms with Crippen molar-refractivity contribution in [3.8, 4) is 0 Å². The summed E-state index contributed by atoms with van der Waals surface area (Å²) >= 11 is 0. The van der Waals surface area contributed by atoms with E-state index in [9.17, 15) is 9.90 Å². The number of carboxylic acid groups (broad SMARTS) is 1. The molecule has 2 atom stereocenters. The summed E-state index contributed by atoms with van der Waals surface area (Å²) in [5, 5.41) is 21.0. The Kier molecular flexibility index (Phi) is 2.88. The number of hydrogen-bond acceptors (Lipinski definition) is 3. The summed E-state index contributed by atoms with van der Waals surface area (Å²) in [4.78, 5) is 11.9. The molecule has 1 amide bonds. The smallest absolute Gasteiger partial charge is 0.407 e. The second-order valence-electron chi connectivity index (χ2n) is 2.99. The number of nitrogens with zero attached hydrogens (tertiary/aromatic N) is 1. The van der Waals surface area contributed by atoms with Gasteiger partial charge >= 0.3 is 6.09 Å². The third-order valence-electron chi connectivity index (χ3n) is 2.09. The van der Waals surface area contributed by atoms with Crippen LogP contribution in [-0.2, 0) is 0 Å². The van der Waals surface area contributed by atoms with Gasteiger partial charge in [0.15, 0.2) is 0 Å². The average molecular weight is 174 g/mol. The maximum atomic E-state index is 10.7. The number of carbonyl (C=O) groups is 1. The van der Waals surface area contributed by atoms with E-state index >= 15 is 0 Å². The minimum absolute atomic E-state index is 0.309. The topological polar surface area (TPSA) is 72.8 Å². The Bertz CT molecular complexity index is 172. The van der Waals surface area contributed by atoms with Crippen molar-refractivity contribution in [3.63, 3.8) is 0 Å². The Hall–Kier alpha value is -0.810. The van der Waals surface area contributed by atoms with Crippen molar-refractivity contribution in [1.29, 1.82) is 0 Å². The van der Waals surface area contributed by atoms with Gasteiger partial charge in [0, 0.05) is 19.6 Å². The number of amides is 1. The molecule has 1 fully saturated rings. The van der Waals surface area contributed by atoms with Gasteiger partial charge in [-0.15, -0.1) is 0 Å². The van der Waals surface area contributed by atoms with Gasteiger partial charge in [-0.1, -0.05) is 0 Å². The standard InChI is InChI=1S/C7H14N2O3/c1-5(10)6-4-8-2-3-9(6)7(11)12/h5-6,8,10H,2-4H2,1H3,(H,11,12)/t5?,6-/m0/s1. The molecule has 1 rings (SSSR count). The molecule has 5 nitrogen and oxygen atoms in total. The zero-order valence-electron chi connectivity index (χ0n) is 7.03. The van der Waals surface area contributed by atoms with Crippen LogP contribution in [-0.4, -0.2) is 53.0 Å². The van der Waals surface area contributed by atoms with Crippen LogP contribution in [0.25, 0.3) is 0 Å². The summed E-state index contributed by atoms with van der Waals surface area (Å²) in [7, 11) is 0. The summed E-state index contributed by atoms with van der Waals surface area (Å²) < 4.78 is 0. The van der Waals surface area contributed by atoms with Crippen LogP contribution in [0.3, 0.4) is 0 Å². The Morgan fingerprint density at radius 1 is 1.75 bits per heavy atom. The minimum Gasteiger partial charge on any atom is -0.465 e. The third kappa shape index (κ3) is 1.86. The molecule has 0 aliphatic carbocycles. The maximum Gasteiger partial charge on any atom is 0.407 e. The van der Waals surface area contributed by atoms with Gasteiger partial charge in [-0.2, -0.15) is 0 Å². The van der Waals surface area contributed by atoms with Gasteiger partial charge in [0.1, 0.15) is 0 Å². The second-order valence-corrected chi connectivity index (χ2v) is 2.99. The van der Waals surface area contributed by atoms with Crippen molar-refractivity contribution in [2.24, 2.45) is 0 Å². The molecule has 0 aromatic rings.